The second kappa shape index (κ2) is 10.2. The second-order valence-corrected chi connectivity index (χ2v) is 11.3. The number of hydrogen-bond donors (Lipinski definition) is 0. The molecule has 0 saturated heterocycles. The van der Waals surface area contributed by atoms with Crippen molar-refractivity contribution in [3.8, 4) is 45.3 Å². The minimum Gasteiger partial charge on any atom is -0.455 e. The summed E-state index contributed by atoms with van der Waals surface area (Å²) in [5.74, 6) is 1.89. The Morgan fingerprint density at radius 3 is 1.78 bits per heavy atom. The zero-order chi connectivity index (χ0) is 29.7. The molecule has 0 unspecified atom stereocenters. The molecule has 0 atom stereocenters. The van der Waals surface area contributed by atoms with Crippen LogP contribution >= 0.6 is 0 Å². The molecule has 210 valence electrons. The van der Waals surface area contributed by atoms with Crippen molar-refractivity contribution in [2.75, 3.05) is 0 Å². The van der Waals surface area contributed by atoms with Crippen LogP contribution in [0.25, 0.3) is 88.8 Å². The van der Waals surface area contributed by atoms with Crippen LogP contribution in [0.5, 0.6) is 0 Å². The van der Waals surface area contributed by atoms with Gasteiger partial charge in [0, 0.05) is 32.8 Å². The van der Waals surface area contributed by atoms with Crippen molar-refractivity contribution >= 4 is 43.5 Å². The summed E-state index contributed by atoms with van der Waals surface area (Å²) >= 11 is 0. The molecule has 0 amide bonds. The van der Waals surface area contributed by atoms with E-state index in [1.807, 2.05) is 54.6 Å². The van der Waals surface area contributed by atoms with Gasteiger partial charge in [-0.15, -0.1) is 0 Å². The van der Waals surface area contributed by atoms with Crippen LogP contribution in [0.4, 0.5) is 0 Å². The van der Waals surface area contributed by atoms with Crippen LogP contribution in [-0.4, -0.2) is 15.0 Å². The van der Waals surface area contributed by atoms with E-state index in [1.165, 1.54) is 16.5 Å². The van der Waals surface area contributed by atoms with E-state index >= 15 is 0 Å². The minimum absolute atomic E-state index is 0.623. The van der Waals surface area contributed by atoms with E-state index in [1.54, 1.807) is 0 Å². The summed E-state index contributed by atoms with van der Waals surface area (Å²) in [6.07, 6.45) is 0. The summed E-state index contributed by atoms with van der Waals surface area (Å²) < 4.78 is 6.37. The first-order chi connectivity index (χ1) is 22.3. The Labute approximate surface area is 259 Å². The van der Waals surface area contributed by atoms with E-state index in [4.69, 9.17) is 19.4 Å². The molecule has 0 fully saturated rings. The van der Waals surface area contributed by atoms with Crippen molar-refractivity contribution in [2.24, 2.45) is 0 Å². The van der Waals surface area contributed by atoms with Gasteiger partial charge in [-0.05, 0) is 51.6 Å². The van der Waals surface area contributed by atoms with E-state index < -0.39 is 0 Å². The summed E-state index contributed by atoms with van der Waals surface area (Å²) in [6, 6.07) is 52.3. The zero-order valence-electron chi connectivity index (χ0n) is 24.2. The van der Waals surface area contributed by atoms with Crippen LogP contribution in [0, 0.1) is 0 Å². The first-order valence-electron chi connectivity index (χ1n) is 15.0. The molecule has 0 spiro atoms. The fourth-order valence-corrected chi connectivity index (χ4v) is 6.27. The van der Waals surface area contributed by atoms with Crippen LogP contribution in [0.2, 0.25) is 0 Å². The third kappa shape index (κ3) is 4.35. The van der Waals surface area contributed by atoms with Gasteiger partial charge in [0.15, 0.2) is 17.5 Å². The fraction of sp³-hybridized carbons (Fsp3) is 0. The lowest BCUT2D eigenvalue weighted by Crippen LogP contribution is -2.00. The number of fused-ring (bicyclic) bond motifs is 6. The van der Waals surface area contributed by atoms with Gasteiger partial charge in [-0.25, -0.2) is 15.0 Å². The Bertz CT molecular complexity index is 2540. The molecule has 0 bridgehead atoms. The normalized spacial score (nSPS) is 11.6. The molecule has 0 aliphatic heterocycles. The lowest BCUT2D eigenvalue weighted by molar-refractivity contribution is 0.672. The van der Waals surface area contributed by atoms with E-state index in [9.17, 15) is 0 Å². The average molecular weight is 576 g/mol. The highest BCUT2D eigenvalue weighted by Gasteiger charge is 2.17. The predicted octanol–water partition coefficient (Wildman–Crippen LogP) is 10.7. The lowest BCUT2D eigenvalue weighted by Gasteiger charge is -2.11. The quantitative estimate of drug-likeness (QED) is 0.209. The number of nitrogens with zero attached hydrogens (tertiary/aromatic N) is 3. The molecule has 45 heavy (non-hydrogen) atoms. The number of aromatic nitrogens is 3. The number of rotatable bonds is 4. The van der Waals surface area contributed by atoms with Crippen molar-refractivity contribution in [1.29, 1.82) is 0 Å². The molecule has 0 aliphatic rings. The molecule has 0 N–H and O–H groups in total. The number of para-hydroxylation sites is 1. The molecule has 4 heteroatoms. The van der Waals surface area contributed by atoms with Gasteiger partial charge in [0.05, 0.1) is 0 Å². The number of benzene rings is 7. The van der Waals surface area contributed by atoms with Gasteiger partial charge in [-0.1, -0.05) is 127 Å². The Kier molecular flexibility index (Phi) is 5.78. The topological polar surface area (TPSA) is 51.8 Å². The highest BCUT2D eigenvalue weighted by molar-refractivity contribution is 6.17. The van der Waals surface area contributed by atoms with Crippen LogP contribution in [0.3, 0.4) is 0 Å². The van der Waals surface area contributed by atoms with Gasteiger partial charge in [0.25, 0.3) is 0 Å². The molecule has 7 aromatic carbocycles. The van der Waals surface area contributed by atoms with Crippen LogP contribution < -0.4 is 0 Å². The van der Waals surface area contributed by atoms with E-state index in [-0.39, 0.29) is 0 Å². The summed E-state index contributed by atoms with van der Waals surface area (Å²) in [5, 5.41) is 6.58. The lowest BCUT2D eigenvalue weighted by atomic mass is 9.99. The van der Waals surface area contributed by atoms with Gasteiger partial charge in [0.2, 0.25) is 0 Å². The van der Waals surface area contributed by atoms with Gasteiger partial charge in [0.1, 0.15) is 11.2 Å². The molecule has 9 aromatic rings. The summed E-state index contributed by atoms with van der Waals surface area (Å²) in [5.41, 5.74) is 6.93. The Hall–Kier alpha value is -6.13. The smallest absolute Gasteiger partial charge is 0.164 e. The zero-order valence-corrected chi connectivity index (χ0v) is 24.2. The molecule has 9 rings (SSSR count). The molecule has 0 saturated carbocycles. The summed E-state index contributed by atoms with van der Waals surface area (Å²) in [6.45, 7) is 0. The molecular formula is C41H25N3O. The third-order valence-electron chi connectivity index (χ3n) is 8.52. The average Bonchev–Trinajstić information content (AvgIpc) is 3.51. The molecule has 0 radical (unpaired) electrons. The SMILES string of the molecule is c1ccc(-c2ccc3ccc(-c4nc(-c5ccccc5)nc(-c5cccc6c5ccc5c7ccccc7oc65)n4)cc3c2)cc1. The van der Waals surface area contributed by atoms with Crippen molar-refractivity contribution < 1.29 is 4.42 Å². The molecule has 2 heterocycles. The predicted molar refractivity (Wildman–Crippen MR) is 184 cm³/mol. The Morgan fingerprint density at radius 2 is 0.956 bits per heavy atom. The highest BCUT2D eigenvalue weighted by Crippen LogP contribution is 2.38. The minimum atomic E-state index is 0.623. The summed E-state index contributed by atoms with van der Waals surface area (Å²) in [7, 11) is 0. The van der Waals surface area contributed by atoms with E-state index in [0.29, 0.717) is 17.5 Å². The van der Waals surface area contributed by atoms with E-state index in [0.717, 1.165) is 54.8 Å². The van der Waals surface area contributed by atoms with E-state index in [2.05, 4.69) is 97.1 Å². The van der Waals surface area contributed by atoms with Gasteiger partial charge in [-0.3, -0.25) is 0 Å². The molecule has 4 nitrogen and oxygen atoms in total. The molecular weight excluding hydrogens is 550 g/mol. The maximum Gasteiger partial charge on any atom is 0.164 e. The Morgan fingerprint density at radius 1 is 0.356 bits per heavy atom. The number of hydrogen-bond acceptors (Lipinski definition) is 4. The third-order valence-corrected chi connectivity index (χ3v) is 8.52. The van der Waals surface area contributed by atoms with Crippen LogP contribution in [-0.2, 0) is 0 Å². The van der Waals surface area contributed by atoms with Gasteiger partial charge < -0.3 is 4.42 Å². The highest BCUT2D eigenvalue weighted by atomic mass is 16.3. The molecule has 2 aromatic heterocycles. The first kappa shape index (κ1) is 25.4. The van der Waals surface area contributed by atoms with Crippen molar-refractivity contribution in [1.82, 2.24) is 15.0 Å². The Balaban J connectivity index is 1.25. The maximum absolute atomic E-state index is 6.37. The van der Waals surface area contributed by atoms with Crippen LogP contribution in [0.15, 0.2) is 156 Å². The van der Waals surface area contributed by atoms with Crippen LogP contribution in [0.1, 0.15) is 0 Å². The van der Waals surface area contributed by atoms with Crippen molar-refractivity contribution in [3.05, 3.63) is 152 Å². The standard InChI is InChI=1S/C41H25N3O/c1-3-10-26(11-4-1)29-20-18-27-19-21-30(25-31(27)24-29)40-42-39(28-12-5-2-6-13-28)43-41(44-40)36-16-9-15-34-32(36)22-23-35-33-14-7-8-17-37(33)45-38(34)35/h1-25H. The second-order valence-electron chi connectivity index (χ2n) is 11.3. The summed E-state index contributed by atoms with van der Waals surface area (Å²) in [4.78, 5) is 15.1. The maximum atomic E-state index is 6.37. The first-order valence-corrected chi connectivity index (χ1v) is 15.0. The molecule has 0 aliphatic carbocycles. The van der Waals surface area contributed by atoms with Crippen molar-refractivity contribution in [3.63, 3.8) is 0 Å². The fourth-order valence-electron chi connectivity index (χ4n) is 6.27. The van der Waals surface area contributed by atoms with Crippen molar-refractivity contribution in [2.45, 2.75) is 0 Å². The van der Waals surface area contributed by atoms with Gasteiger partial charge >= 0.3 is 0 Å². The largest absolute Gasteiger partial charge is 0.455 e. The monoisotopic (exact) mass is 575 g/mol. The van der Waals surface area contributed by atoms with Gasteiger partial charge in [-0.2, -0.15) is 0 Å². The number of furan rings is 1.